The van der Waals surface area contributed by atoms with E-state index in [1.807, 2.05) is 6.07 Å². The summed E-state index contributed by atoms with van der Waals surface area (Å²) in [7, 11) is 0. The van der Waals surface area contributed by atoms with Gasteiger partial charge in [-0.05, 0) is 38.8 Å². The SMILES string of the molecule is Cl.O=C(Nc1cc(C2CCCCCC2)[nH]n1)C1CCNCC1. The number of rotatable bonds is 3. The monoisotopic (exact) mass is 326 g/mol. The largest absolute Gasteiger partial charge is 0.317 e. The molecule has 1 aliphatic carbocycles. The highest BCUT2D eigenvalue weighted by Crippen LogP contribution is 2.31. The molecule has 22 heavy (non-hydrogen) atoms. The summed E-state index contributed by atoms with van der Waals surface area (Å²) in [5.74, 6) is 1.53. The van der Waals surface area contributed by atoms with E-state index in [4.69, 9.17) is 0 Å². The summed E-state index contributed by atoms with van der Waals surface area (Å²) in [6.07, 6.45) is 9.64. The highest BCUT2D eigenvalue weighted by atomic mass is 35.5. The van der Waals surface area contributed by atoms with Crippen LogP contribution in [0.1, 0.15) is 63.0 Å². The van der Waals surface area contributed by atoms with Gasteiger partial charge < -0.3 is 10.6 Å². The Bertz CT molecular complexity index is 462. The molecule has 2 aliphatic rings. The van der Waals surface area contributed by atoms with Gasteiger partial charge in [-0.3, -0.25) is 9.89 Å². The Morgan fingerprint density at radius 1 is 1.09 bits per heavy atom. The Labute approximate surface area is 138 Å². The fourth-order valence-corrected chi connectivity index (χ4v) is 3.51. The van der Waals surface area contributed by atoms with Crippen LogP contribution in [0.25, 0.3) is 0 Å². The summed E-state index contributed by atoms with van der Waals surface area (Å²) < 4.78 is 0. The minimum Gasteiger partial charge on any atom is -0.317 e. The summed E-state index contributed by atoms with van der Waals surface area (Å²) in [5.41, 5.74) is 1.19. The first-order chi connectivity index (χ1) is 10.3. The van der Waals surface area contributed by atoms with E-state index < -0.39 is 0 Å². The number of carbonyl (C=O) groups excluding carboxylic acids is 1. The third-order valence-corrected chi connectivity index (χ3v) is 4.85. The zero-order valence-corrected chi connectivity index (χ0v) is 13.9. The predicted octanol–water partition coefficient (Wildman–Crippen LogP) is 3.21. The van der Waals surface area contributed by atoms with Crippen LogP contribution in [0.15, 0.2) is 6.07 Å². The molecule has 2 heterocycles. The van der Waals surface area contributed by atoms with Gasteiger partial charge in [0, 0.05) is 23.6 Å². The first-order valence-electron chi connectivity index (χ1n) is 8.40. The van der Waals surface area contributed by atoms with Gasteiger partial charge in [0.25, 0.3) is 0 Å². The lowest BCUT2D eigenvalue weighted by atomic mass is 9.96. The second-order valence-electron chi connectivity index (χ2n) is 6.41. The van der Waals surface area contributed by atoms with Gasteiger partial charge in [-0.1, -0.05) is 25.7 Å². The number of amides is 1. The molecule has 1 saturated carbocycles. The summed E-state index contributed by atoms with van der Waals surface area (Å²) in [6, 6.07) is 2.04. The van der Waals surface area contributed by atoms with Gasteiger partial charge in [-0.2, -0.15) is 5.10 Å². The molecule has 1 saturated heterocycles. The number of anilines is 1. The number of H-pyrrole nitrogens is 1. The second kappa shape index (κ2) is 8.53. The number of carbonyl (C=O) groups is 1. The lowest BCUT2D eigenvalue weighted by molar-refractivity contribution is -0.120. The van der Waals surface area contributed by atoms with Crippen molar-refractivity contribution in [2.24, 2.45) is 5.92 Å². The molecule has 1 aromatic rings. The van der Waals surface area contributed by atoms with Crippen molar-refractivity contribution in [1.29, 1.82) is 0 Å². The van der Waals surface area contributed by atoms with Crippen molar-refractivity contribution in [3.05, 3.63) is 11.8 Å². The van der Waals surface area contributed by atoms with Crippen molar-refractivity contribution in [3.63, 3.8) is 0 Å². The van der Waals surface area contributed by atoms with Gasteiger partial charge in [-0.15, -0.1) is 12.4 Å². The Morgan fingerprint density at radius 2 is 1.77 bits per heavy atom. The van der Waals surface area contributed by atoms with Crippen LogP contribution in [0.3, 0.4) is 0 Å². The van der Waals surface area contributed by atoms with E-state index in [2.05, 4.69) is 20.8 Å². The van der Waals surface area contributed by atoms with Crippen LogP contribution >= 0.6 is 12.4 Å². The van der Waals surface area contributed by atoms with Gasteiger partial charge in [0.2, 0.25) is 5.91 Å². The van der Waals surface area contributed by atoms with E-state index in [-0.39, 0.29) is 24.2 Å². The maximum absolute atomic E-state index is 12.2. The smallest absolute Gasteiger partial charge is 0.228 e. The van der Waals surface area contributed by atoms with Crippen LogP contribution in [0.5, 0.6) is 0 Å². The molecule has 1 aliphatic heterocycles. The average molecular weight is 327 g/mol. The summed E-state index contributed by atoms with van der Waals surface area (Å²) >= 11 is 0. The molecular formula is C16H27ClN4O. The molecule has 124 valence electrons. The normalized spacial score (nSPS) is 20.9. The van der Waals surface area contributed by atoms with E-state index in [0.29, 0.717) is 11.7 Å². The molecule has 3 N–H and O–H groups in total. The van der Waals surface area contributed by atoms with Crippen molar-refractivity contribution in [2.75, 3.05) is 18.4 Å². The maximum atomic E-state index is 12.2. The van der Waals surface area contributed by atoms with Crippen molar-refractivity contribution in [3.8, 4) is 0 Å². The van der Waals surface area contributed by atoms with E-state index in [0.717, 1.165) is 25.9 Å². The number of aromatic nitrogens is 2. The molecule has 0 radical (unpaired) electrons. The molecule has 5 nitrogen and oxygen atoms in total. The van der Waals surface area contributed by atoms with Crippen molar-refractivity contribution >= 4 is 24.1 Å². The Hall–Kier alpha value is -1.07. The number of hydrogen-bond donors (Lipinski definition) is 3. The highest BCUT2D eigenvalue weighted by Gasteiger charge is 2.22. The topological polar surface area (TPSA) is 69.8 Å². The van der Waals surface area contributed by atoms with Gasteiger partial charge in [0.1, 0.15) is 0 Å². The lowest BCUT2D eigenvalue weighted by Crippen LogP contribution is -2.34. The Balaban J connectivity index is 0.00000176. The van der Waals surface area contributed by atoms with Crippen molar-refractivity contribution in [2.45, 2.75) is 57.3 Å². The molecule has 2 fully saturated rings. The molecule has 1 amide bonds. The number of piperidine rings is 1. The van der Waals surface area contributed by atoms with Crippen LogP contribution in [0.4, 0.5) is 5.82 Å². The summed E-state index contributed by atoms with van der Waals surface area (Å²) in [4.78, 5) is 12.2. The third-order valence-electron chi connectivity index (χ3n) is 4.85. The van der Waals surface area contributed by atoms with Gasteiger partial charge in [0.05, 0.1) is 0 Å². The highest BCUT2D eigenvalue weighted by molar-refractivity contribution is 5.91. The molecule has 3 rings (SSSR count). The minimum atomic E-state index is 0. The maximum Gasteiger partial charge on any atom is 0.228 e. The zero-order valence-electron chi connectivity index (χ0n) is 13.1. The van der Waals surface area contributed by atoms with E-state index in [1.165, 1.54) is 44.2 Å². The van der Waals surface area contributed by atoms with E-state index in [1.54, 1.807) is 0 Å². The van der Waals surface area contributed by atoms with Crippen LogP contribution in [-0.2, 0) is 4.79 Å². The number of nitrogens with zero attached hydrogens (tertiary/aromatic N) is 1. The number of aromatic amines is 1. The van der Waals surface area contributed by atoms with Crippen LogP contribution in [0, 0.1) is 5.92 Å². The van der Waals surface area contributed by atoms with Gasteiger partial charge in [-0.25, -0.2) is 0 Å². The minimum absolute atomic E-state index is 0. The van der Waals surface area contributed by atoms with Crippen molar-refractivity contribution in [1.82, 2.24) is 15.5 Å². The van der Waals surface area contributed by atoms with E-state index in [9.17, 15) is 4.79 Å². The van der Waals surface area contributed by atoms with Crippen LogP contribution in [0.2, 0.25) is 0 Å². The molecule has 1 aromatic heterocycles. The van der Waals surface area contributed by atoms with E-state index >= 15 is 0 Å². The summed E-state index contributed by atoms with van der Waals surface area (Å²) in [5, 5.41) is 13.7. The van der Waals surface area contributed by atoms with Crippen LogP contribution in [-0.4, -0.2) is 29.2 Å². The standard InChI is InChI=1S/C16H26N4O.ClH/c21-16(13-7-9-17-10-8-13)18-15-11-14(19-20-15)12-5-3-1-2-4-6-12;/h11-13,17H,1-10H2,(H2,18,19,20,21);1H. The van der Waals surface area contributed by atoms with Gasteiger partial charge in [0.15, 0.2) is 5.82 Å². The molecule has 0 bridgehead atoms. The number of halogens is 1. The lowest BCUT2D eigenvalue weighted by Gasteiger charge is -2.21. The predicted molar refractivity (Wildman–Crippen MR) is 90.5 cm³/mol. The number of hydrogen-bond acceptors (Lipinski definition) is 3. The Kier molecular flexibility index (Phi) is 6.70. The molecule has 0 unspecified atom stereocenters. The first-order valence-corrected chi connectivity index (χ1v) is 8.40. The average Bonchev–Trinajstić information content (AvgIpc) is 2.81. The molecule has 0 atom stereocenters. The van der Waals surface area contributed by atoms with Gasteiger partial charge >= 0.3 is 0 Å². The molecule has 0 aromatic carbocycles. The Morgan fingerprint density at radius 3 is 2.45 bits per heavy atom. The molecule has 6 heteroatoms. The second-order valence-corrected chi connectivity index (χ2v) is 6.41. The molecule has 0 spiro atoms. The quantitative estimate of drug-likeness (QED) is 0.747. The fourth-order valence-electron chi connectivity index (χ4n) is 3.51. The number of nitrogens with one attached hydrogen (secondary N) is 3. The first kappa shape index (κ1) is 17.3. The molecular weight excluding hydrogens is 300 g/mol. The van der Waals surface area contributed by atoms with Crippen molar-refractivity contribution < 1.29 is 4.79 Å². The van der Waals surface area contributed by atoms with Crippen LogP contribution < -0.4 is 10.6 Å². The summed E-state index contributed by atoms with van der Waals surface area (Å²) in [6.45, 7) is 1.87. The zero-order chi connectivity index (χ0) is 14.5. The third kappa shape index (κ3) is 4.46. The fraction of sp³-hybridized carbons (Fsp3) is 0.750.